The lowest BCUT2D eigenvalue weighted by molar-refractivity contribution is -0.122. The van der Waals surface area contributed by atoms with E-state index in [9.17, 15) is 4.79 Å². The van der Waals surface area contributed by atoms with E-state index in [0.717, 1.165) is 31.9 Å². The number of benzene rings is 1. The third-order valence-corrected chi connectivity index (χ3v) is 3.86. The first-order valence-corrected chi connectivity index (χ1v) is 8.43. The molecule has 1 aromatic carbocycles. The van der Waals surface area contributed by atoms with Gasteiger partial charge in [0.1, 0.15) is 0 Å². The van der Waals surface area contributed by atoms with Gasteiger partial charge in [-0.05, 0) is 32.3 Å². The molecule has 1 saturated carbocycles. The van der Waals surface area contributed by atoms with Gasteiger partial charge < -0.3 is 15.5 Å². The number of nitrogens with one attached hydrogen (secondary N) is 2. The Balaban J connectivity index is 0.00000288. The van der Waals surface area contributed by atoms with Gasteiger partial charge in [-0.1, -0.05) is 29.8 Å². The molecule has 1 amide bonds. The molecule has 0 aliphatic heterocycles. The second kappa shape index (κ2) is 10.5. The van der Waals surface area contributed by atoms with Crippen LogP contribution >= 0.6 is 24.0 Å². The summed E-state index contributed by atoms with van der Waals surface area (Å²) in [5.74, 6) is 1.31. The third kappa shape index (κ3) is 7.07. The number of carbonyl (C=O) groups excluding carboxylic acids is 1. The van der Waals surface area contributed by atoms with Crippen molar-refractivity contribution in [1.82, 2.24) is 15.5 Å². The number of nitrogens with zero attached hydrogens (tertiary/aromatic N) is 2. The molecule has 0 unspecified atom stereocenters. The van der Waals surface area contributed by atoms with Crippen LogP contribution < -0.4 is 10.6 Å². The number of halogens is 1. The fraction of sp³-hybridized carbons (Fsp3) is 0.556. The normalized spacial score (nSPS) is 13.9. The van der Waals surface area contributed by atoms with Gasteiger partial charge in [-0.3, -0.25) is 9.79 Å². The number of aryl methyl sites for hydroxylation is 1. The molecular formula is C18H29IN4O. The molecule has 2 N–H and O–H groups in total. The van der Waals surface area contributed by atoms with Crippen molar-refractivity contribution in [2.75, 3.05) is 26.7 Å². The molecule has 1 fully saturated rings. The summed E-state index contributed by atoms with van der Waals surface area (Å²) < 4.78 is 0. The highest BCUT2D eigenvalue weighted by Crippen LogP contribution is 2.28. The summed E-state index contributed by atoms with van der Waals surface area (Å²) in [6, 6.07) is 8.54. The van der Waals surface area contributed by atoms with E-state index in [4.69, 9.17) is 0 Å². The van der Waals surface area contributed by atoms with Crippen LogP contribution in [0.15, 0.2) is 29.3 Å². The molecule has 6 heteroatoms. The van der Waals surface area contributed by atoms with Crippen molar-refractivity contribution in [2.45, 2.75) is 33.2 Å². The molecule has 0 bridgehead atoms. The Morgan fingerprint density at radius 1 is 1.25 bits per heavy atom. The largest absolute Gasteiger partial charge is 0.357 e. The minimum Gasteiger partial charge on any atom is -0.357 e. The lowest BCUT2D eigenvalue weighted by atomic mass is 10.1. The van der Waals surface area contributed by atoms with Crippen LogP contribution in [0.25, 0.3) is 0 Å². The second-order valence-corrected chi connectivity index (χ2v) is 6.14. The van der Waals surface area contributed by atoms with Crippen molar-refractivity contribution in [2.24, 2.45) is 10.9 Å². The van der Waals surface area contributed by atoms with E-state index in [0.29, 0.717) is 13.1 Å². The molecule has 5 nitrogen and oxygen atoms in total. The van der Waals surface area contributed by atoms with E-state index in [2.05, 4.69) is 58.6 Å². The molecule has 0 heterocycles. The zero-order valence-electron chi connectivity index (χ0n) is 14.8. The van der Waals surface area contributed by atoms with Gasteiger partial charge in [-0.2, -0.15) is 0 Å². The van der Waals surface area contributed by atoms with Crippen LogP contribution in [0.5, 0.6) is 0 Å². The Labute approximate surface area is 162 Å². The molecule has 2 rings (SSSR count). The van der Waals surface area contributed by atoms with E-state index < -0.39 is 0 Å². The minimum absolute atomic E-state index is 0. The van der Waals surface area contributed by atoms with E-state index in [1.807, 2.05) is 7.05 Å². The van der Waals surface area contributed by atoms with Crippen LogP contribution in [0.4, 0.5) is 0 Å². The highest BCUT2D eigenvalue weighted by molar-refractivity contribution is 14.0. The Bertz CT molecular complexity index is 540. The van der Waals surface area contributed by atoms with Crippen molar-refractivity contribution in [3.63, 3.8) is 0 Å². The molecule has 134 valence electrons. The van der Waals surface area contributed by atoms with Crippen LogP contribution in [0, 0.1) is 12.8 Å². The number of hydrogen-bond donors (Lipinski definition) is 2. The van der Waals surface area contributed by atoms with E-state index >= 15 is 0 Å². The summed E-state index contributed by atoms with van der Waals surface area (Å²) in [6.45, 7) is 6.98. The summed E-state index contributed by atoms with van der Waals surface area (Å²) >= 11 is 0. The predicted octanol–water partition coefficient (Wildman–Crippen LogP) is 2.54. The highest BCUT2D eigenvalue weighted by Gasteiger charge is 2.28. The van der Waals surface area contributed by atoms with Crippen LogP contribution in [0.3, 0.4) is 0 Å². The number of guanidine groups is 1. The maximum atomic E-state index is 11.6. The molecule has 1 aliphatic rings. The Hall–Kier alpha value is -1.31. The summed E-state index contributed by atoms with van der Waals surface area (Å²) in [7, 11) is 2.03. The van der Waals surface area contributed by atoms with Gasteiger partial charge in [0.2, 0.25) is 5.91 Å². The van der Waals surface area contributed by atoms with Crippen LogP contribution in [-0.2, 0) is 11.3 Å². The second-order valence-electron chi connectivity index (χ2n) is 6.14. The predicted molar refractivity (Wildman–Crippen MR) is 110 cm³/mol. The molecule has 1 aromatic rings. The lowest BCUT2D eigenvalue weighted by Gasteiger charge is -2.22. The van der Waals surface area contributed by atoms with Crippen LogP contribution in [0.2, 0.25) is 0 Å². The first-order chi connectivity index (χ1) is 11.1. The average molecular weight is 444 g/mol. The number of rotatable bonds is 7. The summed E-state index contributed by atoms with van der Waals surface area (Å²) in [6.07, 6.45) is 2.08. The van der Waals surface area contributed by atoms with Gasteiger partial charge in [-0.15, -0.1) is 24.0 Å². The van der Waals surface area contributed by atoms with Crippen molar-refractivity contribution < 1.29 is 4.79 Å². The van der Waals surface area contributed by atoms with Crippen molar-refractivity contribution >= 4 is 35.8 Å². The van der Waals surface area contributed by atoms with Gasteiger partial charge in [-0.25, -0.2) is 0 Å². The van der Waals surface area contributed by atoms with Gasteiger partial charge in [0, 0.05) is 32.6 Å². The van der Waals surface area contributed by atoms with Crippen molar-refractivity contribution in [1.29, 1.82) is 0 Å². The molecule has 0 saturated heterocycles. The number of aliphatic imine (C=N–C) groups is 1. The summed E-state index contributed by atoms with van der Waals surface area (Å²) in [5.41, 5.74) is 2.52. The fourth-order valence-corrected chi connectivity index (χ4v) is 2.34. The molecular weight excluding hydrogens is 415 g/mol. The topological polar surface area (TPSA) is 56.7 Å². The van der Waals surface area contributed by atoms with Crippen molar-refractivity contribution in [3.05, 3.63) is 35.4 Å². The molecule has 1 aliphatic carbocycles. The molecule has 0 spiro atoms. The maximum Gasteiger partial charge on any atom is 0.223 e. The van der Waals surface area contributed by atoms with Gasteiger partial charge >= 0.3 is 0 Å². The monoisotopic (exact) mass is 444 g/mol. The molecule has 0 atom stereocenters. The van der Waals surface area contributed by atoms with Crippen LogP contribution in [-0.4, -0.2) is 43.4 Å². The van der Waals surface area contributed by atoms with Crippen LogP contribution in [0.1, 0.15) is 30.9 Å². The van der Waals surface area contributed by atoms with E-state index in [1.165, 1.54) is 11.1 Å². The Morgan fingerprint density at radius 3 is 2.50 bits per heavy atom. The SMILES string of the molecule is CCNC(=NCCNC(=O)C1CC1)N(C)Cc1ccc(C)cc1.I. The van der Waals surface area contributed by atoms with Gasteiger partial charge in [0.15, 0.2) is 5.96 Å². The summed E-state index contributed by atoms with van der Waals surface area (Å²) in [5, 5.41) is 6.25. The quantitative estimate of drug-likeness (QED) is 0.294. The Morgan fingerprint density at radius 2 is 1.92 bits per heavy atom. The van der Waals surface area contributed by atoms with Gasteiger partial charge in [0.05, 0.1) is 6.54 Å². The minimum atomic E-state index is 0. The average Bonchev–Trinajstić information content (AvgIpc) is 3.37. The zero-order chi connectivity index (χ0) is 16.7. The first-order valence-electron chi connectivity index (χ1n) is 8.43. The molecule has 24 heavy (non-hydrogen) atoms. The smallest absolute Gasteiger partial charge is 0.223 e. The van der Waals surface area contributed by atoms with Gasteiger partial charge in [0.25, 0.3) is 0 Å². The first kappa shape index (κ1) is 20.7. The summed E-state index contributed by atoms with van der Waals surface area (Å²) in [4.78, 5) is 18.3. The number of hydrogen-bond acceptors (Lipinski definition) is 2. The third-order valence-electron chi connectivity index (χ3n) is 3.86. The molecule has 0 aromatic heterocycles. The number of amides is 1. The Kier molecular flexibility index (Phi) is 9.10. The van der Waals surface area contributed by atoms with E-state index in [1.54, 1.807) is 0 Å². The van der Waals surface area contributed by atoms with Crippen molar-refractivity contribution in [3.8, 4) is 0 Å². The number of carbonyl (C=O) groups is 1. The standard InChI is InChI=1S/C18H28N4O.HI/c1-4-19-18(21-12-11-20-17(23)16-9-10-16)22(3)13-15-7-5-14(2)6-8-15;/h5-8,16H,4,9-13H2,1-3H3,(H,19,21)(H,20,23);1H. The maximum absolute atomic E-state index is 11.6. The fourth-order valence-electron chi connectivity index (χ4n) is 2.34. The van der Waals surface area contributed by atoms with E-state index in [-0.39, 0.29) is 35.8 Å². The zero-order valence-corrected chi connectivity index (χ0v) is 17.2. The molecule has 0 radical (unpaired) electrons. The highest BCUT2D eigenvalue weighted by atomic mass is 127. The lowest BCUT2D eigenvalue weighted by Crippen LogP contribution is -2.39.